The van der Waals surface area contributed by atoms with E-state index >= 15 is 0 Å². The van der Waals surface area contributed by atoms with Gasteiger partial charge in [0.1, 0.15) is 5.76 Å². The van der Waals surface area contributed by atoms with Gasteiger partial charge in [-0.3, -0.25) is 0 Å². The maximum Gasteiger partial charge on any atom is 0.211 e. The largest absolute Gasteiger partial charge is 0.444 e. The SMILES string of the molecule is CCC(CC)NC(C)c1ncc(C)o1. The Morgan fingerprint density at radius 3 is 2.50 bits per heavy atom. The second-order valence-corrected chi connectivity index (χ2v) is 3.71. The summed E-state index contributed by atoms with van der Waals surface area (Å²) in [6.07, 6.45) is 4.04. The third-order valence-corrected chi connectivity index (χ3v) is 2.48. The number of aryl methyl sites for hydroxylation is 1. The van der Waals surface area contributed by atoms with Gasteiger partial charge in [0.2, 0.25) is 5.89 Å². The highest BCUT2D eigenvalue weighted by atomic mass is 16.4. The number of rotatable bonds is 5. The number of nitrogens with zero attached hydrogens (tertiary/aromatic N) is 1. The molecule has 0 bridgehead atoms. The molecule has 1 aromatic rings. The van der Waals surface area contributed by atoms with Crippen molar-refractivity contribution in [2.24, 2.45) is 0 Å². The van der Waals surface area contributed by atoms with Crippen LogP contribution in [0.1, 0.15) is 51.3 Å². The van der Waals surface area contributed by atoms with E-state index in [1.807, 2.05) is 6.92 Å². The highest BCUT2D eigenvalue weighted by Gasteiger charge is 2.14. The summed E-state index contributed by atoms with van der Waals surface area (Å²) >= 11 is 0. The molecule has 0 aliphatic rings. The molecule has 80 valence electrons. The fraction of sp³-hybridized carbons (Fsp3) is 0.727. The highest BCUT2D eigenvalue weighted by molar-refractivity contribution is 4.95. The van der Waals surface area contributed by atoms with Gasteiger partial charge in [0.25, 0.3) is 0 Å². The van der Waals surface area contributed by atoms with Gasteiger partial charge in [-0.25, -0.2) is 4.98 Å². The first-order chi connectivity index (χ1) is 6.67. The van der Waals surface area contributed by atoms with Crippen LogP contribution in [0.2, 0.25) is 0 Å². The minimum Gasteiger partial charge on any atom is -0.444 e. The van der Waals surface area contributed by atoms with Gasteiger partial charge in [0.15, 0.2) is 0 Å². The normalized spacial score (nSPS) is 13.5. The molecule has 0 spiro atoms. The van der Waals surface area contributed by atoms with Crippen molar-refractivity contribution in [3.8, 4) is 0 Å². The Morgan fingerprint density at radius 2 is 2.07 bits per heavy atom. The molecule has 0 aromatic carbocycles. The van der Waals surface area contributed by atoms with Gasteiger partial charge < -0.3 is 9.73 Å². The van der Waals surface area contributed by atoms with Gasteiger partial charge in [-0.05, 0) is 26.7 Å². The van der Waals surface area contributed by atoms with E-state index in [4.69, 9.17) is 4.42 Å². The molecule has 0 aliphatic heterocycles. The molecule has 1 N–H and O–H groups in total. The summed E-state index contributed by atoms with van der Waals surface area (Å²) in [5.74, 6) is 1.66. The van der Waals surface area contributed by atoms with Gasteiger partial charge in [-0.15, -0.1) is 0 Å². The zero-order valence-corrected chi connectivity index (χ0v) is 9.50. The average Bonchev–Trinajstić information content (AvgIpc) is 2.61. The Bertz CT molecular complexity index is 266. The predicted octanol–water partition coefficient (Wildman–Crippen LogP) is 2.82. The molecule has 1 heterocycles. The summed E-state index contributed by atoms with van der Waals surface area (Å²) in [7, 11) is 0. The summed E-state index contributed by atoms with van der Waals surface area (Å²) in [6.45, 7) is 8.38. The lowest BCUT2D eigenvalue weighted by molar-refractivity contribution is 0.359. The Morgan fingerprint density at radius 1 is 1.43 bits per heavy atom. The number of nitrogens with one attached hydrogen (secondary N) is 1. The summed E-state index contributed by atoms with van der Waals surface area (Å²) in [5.41, 5.74) is 0. The van der Waals surface area contributed by atoms with Crippen LogP contribution in [0.3, 0.4) is 0 Å². The van der Waals surface area contributed by atoms with Crippen LogP contribution in [0.15, 0.2) is 10.6 Å². The summed E-state index contributed by atoms with van der Waals surface area (Å²) in [6, 6.07) is 0.755. The second-order valence-electron chi connectivity index (χ2n) is 3.71. The molecule has 1 rings (SSSR count). The van der Waals surface area contributed by atoms with Crippen molar-refractivity contribution in [2.75, 3.05) is 0 Å². The van der Waals surface area contributed by atoms with Crippen LogP contribution in [0.4, 0.5) is 0 Å². The van der Waals surface area contributed by atoms with Crippen molar-refractivity contribution in [3.05, 3.63) is 17.8 Å². The van der Waals surface area contributed by atoms with E-state index in [9.17, 15) is 0 Å². The van der Waals surface area contributed by atoms with E-state index in [1.54, 1.807) is 6.20 Å². The van der Waals surface area contributed by atoms with Crippen LogP contribution in [0, 0.1) is 6.92 Å². The summed E-state index contributed by atoms with van der Waals surface area (Å²) in [5, 5.41) is 3.49. The molecule has 0 saturated heterocycles. The van der Waals surface area contributed by atoms with E-state index < -0.39 is 0 Å². The van der Waals surface area contributed by atoms with Crippen LogP contribution in [-0.4, -0.2) is 11.0 Å². The van der Waals surface area contributed by atoms with E-state index in [1.165, 1.54) is 0 Å². The number of hydrogen-bond acceptors (Lipinski definition) is 3. The number of aromatic nitrogens is 1. The second kappa shape index (κ2) is 5.15. The number of oxazole rings is 1. The van der Waals surface area contributed by atoms with Crippen molar-refractivity contribution < 1.29 is 4.42 Å². The van der Waals surface area contributed by atoms with Gasteiger partial charge in [-0.1, -0.05) is 13.8 Å². The van der Waals surface area contributed by atoms with Crippen molar-refractivity contribution in [3.63, 3.8) is 0 Å². The molecule has 0 aliphatic carbocycles. The summed E-state index contributed by atoms with van der Waals surface area (Å²) < 4.78 is 5.46. The lowest BCUT2D eigenvalue weighted by Gasteiger charge is -2.18. The topological polar surface area (TPSA) is 38.1 Å². The maximum atomic E-state index is 5.46. The molecule has 0 radical (unpaired) electrons. The van der Waals surface area contributed by atoms with Gasteiger partial charge in [0.05, 0.1) is 12.2 Å². The van der Waals surface area contributed by atoms with E-state index in [-0.39, 0.29) is 6.04 Å². The Kier molecular flexibility index (Phi) is 4.14. The minimum absolute atomic E-state index is 0.202. The smallest absolute Gasteiger partial charge is 0.211 e. The Labute approximate surface area is 85.9 Å². The predicted molar refractivity (Wildman–Crippen MR) is 57.2 cm³/mol. The molecule has 1 unspecified atom stereocenters. The van der Waals surface area contributed by atoms with Crippen LogP contribution in [-0.2, 0) is 0 Å². The molecule has 0 fully saturated rings. The zero-order chi connectivity index (χ0) is 10.6. The van der Waals surface area contributed by atoms with Crippen LogP contribution in [0.5, 0.6) is 0 Å². The molecular weight excluding hydrogens is 176 g/mol. The van der Waals surface area contributed by atoms with Crippen LogP contribution < -0.4 is 5.32 Å². The van der Waals surface area contributed by atoms with E-state index in [2.05, 4.69) is 31.1 Å². The Balaban J connectivity index is 2.53. The number of hydrogen-bond donors (Lipinski definition) is 1. The molecule has 0 saturated carbocycles. The van der Waals surface area contributed by atoms with Gasteiger partial charge >= 0.3 is 0 Å². The van der Waals surface area contributed by atoms with Crippen molar-refractivity contribution in [1.29, 1.82) is 0 Å². The summed E-state index contributed by atoms with van der Waals surface area (Å²) in [4.78, 5) is 4.21. The fourth-order valence-corrected chi connectivity index (χ4v) is 1.52. The average molecular weight is 196 g/mol. The molecule has 1 aromatic heterocycles. The fourth-order valence-electron chi connectivity index (χ4n) is 1.52. The van der Waals surface area contributed by atoms with E-state index in [0.717, 1.165) is 24.5 Å². The first-order valence-corrected chi connectivity index (χ1v) is 5.35. The van der Waals surface area contributed by atoms with Crippen LogP contribution in [0.25, 0.3) is 0 Å². The monoisotopic (exact) mass is 196 g/mol. The van der Waals surface area contributed by atoms with Gasteiger partial charge in [0, 0.05) is 6.04 Å². The standard InChI is InChI=1S/C11H20N2O/c1-5-10(6-2)13-9(4)11-12-7-8(3)14-11/h7,9-10,13H,5-6H2,1-4H3. The molecule has 3 heteroatoms. The third-order valence-electron chi connectivity index (χ3n) is 2.48. The first kappa shape index (κ1) is 11.2. The quantitative estimate of drug-likeness (QED) is 0.787. The van der Waals surface area contributed by atoms with Crippen molar-refractivity contribution in [1.82, 2.24) is 10.3 Å². The molecule has 0 amide bonds. The van der Waals surface area contributed by atoms with Crippen molar-refractivity contribution in [2.45, 2.75) is 52.6 Å². The third kappa shape index (κ3) is 2.84. The Hall–Kier alpha value is -0.830. The highest BCUT2D eigenvalue weighted by Crippen LogP contribution is 2.13. The van der Waals surface area contributed by atoms with Crippen molar-refractivity contribution >= 4 is 0 Å². The molecule has 3 nitrogen and oxygen atoms in total. The maximum absolute atomic E-state index is 5.46. The zero-order valence-electron chi connectivity index (χ0n) is 9.50. The first-order valence-electron chi connectivity index (χ1n) is 5.35. The lowest BCUT2D eigenvalue weighted by Crippen LogP contribution is -2.30. The van der Waals surface area contributed by atoms with Gasteiger partial charge in [-0.2, -0.15) is 0 Å². The molecule has 14 heavy (non-hydrogen) atoms. The van der Waals surface area contributed by atoms with Crippen LogP contribution >= 0.6 is 0 Å². The lowest BCUT2D eigenvalue weighted by atomic mass is 10.1. The minimum atomic E-state index is 0.202. The molecule has 1 atom stereocenters. The van der Waals surface area contributed by atoms with E-state index in [0.29, 0.717) is 6.04 Å². The molecular formula is C11H20N2O.